The van der Waals surface area contributed by atoms with E-state index >= 15 is 0 Å². The van der Waals surface area contributed by atoms with Crippen molar-refractivity contribution >= 4 is 21.7 Å². The highest BCUT2D eigenvalue weighted by atomic mass is 79.9. The van der Waals surface area contributed by atoms with Crippen LogP contribution in [0.15, 0.2) is 39.2 Å². The van der Waals surface area contributed by atoms with Crippen LogP contribution >= 0.6 is 15.9 Å². The van der Waals surface area contributed by atoms with Crippen molar-refractivity contribution in [1.82, 2.24) is 0 Å². The van der Waals surface area contributed by atoms with Gasteiger partial charge in [-0.1, -0.05) is 15.9 Å². The van der Waals surface area contributed by atoms with Crippen molar-refractivity contribution in [3.8, 4) is 11.3 Å². The van der Waals surface area contributed by atoms with Crippen molar-refractivity contribution in [2.75, 3.05) is 0 Å². The van der Waals surface area contributed by atoms with Gasteiger partial charge < -0.3 is 4.42 Å². The summed E-state index contributed by atoms with van der Waals surface area (Å²) in [7, 11) is 0. The Balaban J connectivity index is 2.50. The molecule has 0 saturated carbocycles. The van der Waals surface area contributed by atoms with Crippen LogP contribution in [0, 0.1) is 0 Å². The second kappa shape index (κ2) is 4.85. The van der Waals surface area contributed by atoms with Gasteiger partial charge >= 0.3 is 6.18 Å². The highest BCUT2D eigenvalue weighted by Gasteiger charge is 2.31. The summed E-state index contributed by atoms with van der Waals surface area (Å²) in [4.78, 5) is 11.1. The lowest BCUT2D eigenvalue weighted by Gasteiger charge is -2.08. The second-order valence-corrected chi connectivity index (χ2v) is 4.86. The summed E-state index contributed by atoms with van der Waals surface area (Å²) in [6.07, 6.45) is -4.44. The van der Waals surface area contributed by atoms with E-state index < -0.39 is 11.7 Å². The van der Waals surface area contributed by atoms with E-state index in [1.807, 2.05) is 0 Å². The monoisotopic (exact) mass is 332 g/mol. The first-order chi connectivity index (χ1) is 8.77. The number of ketones is 1. The molecule has 100 valence electrons. The number of alkyl halides is 3. The van der Waals surface area contributed by atoms with Gasteiger partial charge in [0.1, 0.15) is 5.76 Å². The number of benzene rings is 1. The lowest BCUT2D eigenvalue weighted by atomic mass is 10.1. The Morgan fingerprint density at radius 3 is 2.42 bits per heavy atom. The Labute approximate surface area is 115 Å². The average Bonchev–Trinajstić information content (AvgIpc) is 2.76. The van der Waals surface area contributed by atoms with Crippen molar-refractivity contribution in [2.24, 2.45) is 0 Å². The van der Waals surface area contributed by atoms with Gasteiger partial charge in [0.25, 0.3) is 0 Å². The number of hydrogen-bond donors (Lipinski definition) is 0. The van der Waals surface area contributed by atoms with E-state index in [2.05, 4.69) is 15.9 Å². The van der Waals surface area contributed by atoms with E-state index in [0.717, 1.165) is 12.1 Å². The van der Waals surface area contributed by atoms with Gasteiger partial charge in [0.2, 0.25) is 0 Å². The molecule has 0 atom stereocenters. The zero-order chi connectivity index (χ0) is 14.2. The molecule has 2 aromatic rings. The van der Waals surface area contributed by atoms with Crippen molar-refractivity contribution in [1.29, 1.82) is 0 Å². The van der Waals surface area contributed by atoms with Crippen molar-refractivity contribution in [2.45, 2.75) is 13.1 Å². The van der Waals surface area contributed by atoms with Gasteiger partial charge in [0, 0.05) is 17.0 Å². The summed E-state index contributed by atoms with van der Waals surface area (Å²) in [5, 5.41) is 0. The average molecular weight is 333 g/mol. The van der Waals surface area contributed by atoms with Crippen LogP contribution in [0.2, 0.25) is 0 Å². The minimum absolute atomic E-state index is 0.114. The van der Waals surface area contributed by atoms with Crippen molar-refractivity contribution in [3.63, 3.8) is 0 Å². The Morgan fingerprint density at radius 1 is 1.21 bits per heavy atom. The van der Waals surface area contributed by atoms with E-state index in [1.165, 1.54) is 25.1 Å². The Hall–Kier alpha value is -1.56. The molecule has 0 aliphatic rings. The SMILES string of the molecule is CC(=O)c1ccc(-c2cc(Br)cc(C(F)(F)F)c2)o1. The topological polar surface area (TPSA) is 30.2 Å². The lowest BCUT2D eigenvalue weighted by molar-refractivity contribution is -0.137. The number of rotatable bonds is 2. The van der Waals surface area contributed by atoms with Gasteiger partial charge in [-0.2, -0.15) is 13.2 Å². The number of furan rings is 1. The van der Waals surface area contributed by atoms with Crippen LogP contribution in [-0.2, 0) is 6.18 Å². The molecule has 0 unspecified atom stereocenters. The Morgan fingerprint density at radius 2 is 1.89 bits per heavy atom. The number of hydrogen-bond acceptors (Lipinski definition) is 2. The smallest absolute Gasteiger partial charge is 0.416 e. The quantitative estimate of drug-likeness (QED) is 0.730. The normalized spacial score (nSPS) is 11.6. The maximum atomic E-state index is 12.7. The number of halogens is 4. The second-order valence-electron chi connectivity index (χ2n) is 3.95. The molecule has 0 N–H and O–H groups in total. The highest BCUT2D eigenvalue weighted by Crippen LogP contribution is 2.35. The van der Waals surface area contributed by atoms with Gasteiger partial charge in [0.15, 0.2) is 11.5 Å². The fraction of sp³-hybridized carbons (Fsp3) is 0.154. The van der Waals surface area contributed by atoms with Crippen LogP contribution in [0.1, 0.15) is 23.0 Å². The van der Waals surface area contributed by atoms with Gasteiger partial charge in [-0.3, -0.25) is 4.79 Å². The van der Waals surface area contributed by atoms with E-state index in [0.29, 0.717) is 0 Å². The molecule has 0 bridgehead atoms. The molecule has 2 rings (SSSR count). The number of Topliss-reactive ketones (excluding diaryl/α,β-unsaturated/α-hetero) is 1. The van der Waals surface area contributed by atoms with E-state index in [4.69, 9.17) is 4.42 Å². The predicted octanol–water partition coefficient (Wildman–Crippen LogP) is 4.93. The van der Waals surface area contributed by atoms with E-state index in [1.54, 1.807) is 0 Å². The molecule has 19 heavy (non-hydrogen) atoms. The maximum Gasteiger partial charge on any atom is 0.416 e. The summed E-state index contributed by atoms with van der Waals surface area (Å²) in [6.45, 7) is 1.32. The zero-order valence-corrected chi connectivity index (χ0v) is 11.3. The molecule has 0 fully saturated rings. The molecule has 6 heteroatoms. The third kappa shape index (κ3) is 3.07. The molecule has 0 radical (unpaired) electrons. The van der Waals surface area contributed by atoms with E-state index in [-0.39, 0.29) is 27.3 Å². The molecule has 2 nitrogen and oxygen atoms in total. The zero-order valence-electron chi connectivity index (χ0n) is 9.72. The van der Waals surface area contributed by atoms with Crippen LogP contribution in [0.4, 0.5) is 13.2 Å². The number of carbonyl (C=O) groups excluding carboxylic acids is 1. The molecule has 0 aliphatic heterocycles. The van der Waals surface area contributed by atoms with Gasteiger partial charge in [-0.05, 0) is 30.3 Å². The first-order valence-corrected chi connectivity index (χ1v) is 6.05. The van der Waals surface area contributed by atoms with Gasteiger partial charge in [-0.15, -0.1) is 0 Å². The fourth-order valence-corrected chi connectivity index (χ4v) is 2.07. The summed E-state index contributed by atoms with van der Waals surface area (Å²) < 4.78 is 43.6. The minimum atomic E-state index is -4.44. The van der Waals surface area contributed by atoms with Crippen LogP contribution in [0.5, 0.6) is 0 Å². The molecule has 1 heterocycles. The summed E-state index contributed by atoms with van der Waals surface area (Å²) in [6, 6.07) is 6.37. The lowest BCUT2D eigenvalue weighted by Crippen LogP contribution is -2.04. The predicted molar refractivity (Wildman–Crippen MR) is 66.9 cm³/mol. The van der Waals surface area contributed by atoms with Gasteiger partial charge in [0.05, 0.1) is 5.56 Å². The molecular weight excluding hydrogens is 325 g/mol. The summed E-state index contributed by atoms with van der Waals surface area (Å²) in [5.41, 5.74) is -0.521. The third-order valence-electron chi connectivity index (χ3n) is 2.46. The maximum absolute atomic E-state index is 12.7. The van der Waals surface area contributed by atoms with E-state index in [9.17, 15) is 18.0 Å². The molecule has 0 amide bonds. The molecule has 0 aliphatic carbocycles. The number of carbonyl (C=O) groups is 1. The first kappa shape index (κ1) is 13.9. The molecule has 1 aromatic heterocycles. The third-order valence-corrected chi connectivity index (χ3v) is 2.92. The Kier molecular flexibility index (Phi) is 3.54. The molecule has 0 saturated heterocycles. The molecule has 0 spiro atoms. The van der Waals surface area contributed by atoms with Crippen molar-refractivity contribution < 1.29 is 22.4 Å². The van der Waals surface area contributed by atoms with Gasteiger partial charge in [-0.25, -0.2) is 0 Å². The summed E-state index contributed by atoms with van der Waals surface area (Å²) in [5.74, 6) is 0.0535. The highest BCUT2D eigenvalue weighted by molar-refractivity contribution is 9.10. The standard InChI is InChI=1S/C13H8BrF3O2/c1-7(18)11-2-3-12(19-11)8-4-9(13(15,16)17)6-10(14)5-8/h2-6H,1H3. The minimum Gasteiger partial charge on any atom is -0.453 e. The molecular formula is C13H8BrF3O2. The first-order valence-electron chi connectivity index (χ1n) is 5.26. The largest absolute Gasteiger partial charge is 0.453 e. The van der Waals surface area contributed by atoms with Crippen LogP contribution in [0.25, 0.3) is 11.3 Å². The van der Waals surface area contributed by atoms with Crippen LogP contribution in [0.3, 0.4) is 0 Å². The van der Waals surface area contributed by atoms with Crippen LogP contribution < -0.4 is 0 Å². The molecule has 1 aromatic carbocycles. The van der Waals surface area contributed by atoms with Crippen LogP contribution in [-0.4, -0.2) is 5.78 Å². The van der Waals surface area contributed by atoms with Crippen molar-refractivity contribution in [3.05, 3.63) is 46.1 Å². The summed E-state index contributed by atoms with van der Waals surface area (Å²) >= 11 is 3.03. The fourth-order valence-electron chi connectivity index (χ4n) is 1.58. The Bertz CT molecular complexity index is 629.